The molecule has 3 nitrogen and oxygen atoms in total. The molecule has 1 aliphatic heterocycles. The molecule has 3 heteroatoms. The third kappa shape index (κ3) is 2.25. The molecule has 0 bridgehead atoms. The quantitative estimate of drug-likeness (QED) is 0.539. The second-order valence-electron chi connectivity index (χ2n) is 2.96. The molecule has 0 aliphatic carbocycles. The normalized spacial score (nSPS) is 24.6. The molecule has 2 N–H and O–H groups in total. The lowest BCUT2D eigenvalue weighted by molar-refractivity contribution is 0.283. The summed E-state index contributed by atoms with van der Waals surface area (Å²) in [6, 6.07) is 0. The number of nitrogens with two attached hydrogens (primary N) is 1. The van der Waals surface area contributed by atoms with Crippen molar-refractivity contribution in [2.45, 2.75) is 6.42 Å². The van der Waals surface area contributed by atoms with Crippen LogP contribution in [0.4, 0.5) is 0 Å². The fourth-order valence-electron chi connectivity index (χ4n) is 1.28. The van der Waals surface area contributed by atoms with Crippen molar-refractivity contribution in [3.05, 3.63) is 0 Å². The fraction of sp³-hybridized carbons (Fsp3) is 1.00. The van der Waals surface area contributed by atoms with E-state index in [2.05, 4.69) is 16.8 Å². The highest BCUT2D eigenvalue weighted by atomic mass is 15.2. The Kier molecular flexibility index (Phi) is 3.12. The SMILES string of the molecule is CN1CCCN(CN)CC1. The lowest BCUT2D eigenvalue weighted by atomic mass is 10.4. The maximum atomic E-state index is 5.53. The minimum atomic E-state index is 0.716. The number of nitrogens with zero attached hydrogens (tertiary/aromatic N) is 2. The molecular weight excluding hydrogens is 126 g/mol. The molecule has 0 spiro atoms. The van der Waals surface area contributed by atoms with Gasteiger partial charge >= 0.3 is 0 Å². The smallest absolute Gasteiger partial charge is 0.0455 e. The van der Waals surface area contributed by atoms with Crippen LogP contribution >= 0.6 is 0 Å². The van der Waals surface area contributed by atoms with Crippen molar-refractivity contribution in [1.29, 1.82) is 0 Å². The minimum Gasteiger partial charge on any atom is -0.318 e. The van der Waals surface area contributed by atoms with Gasteiger partial charge in [-0.3, -0.25) is 4.90 Å². The Morgan fingerprint density at radius 2 is 2.00 bits per heavy atom. The molecular formula is C7H17N3. The van der Waals surface area contributed by atoms with Crippen molar-refractivity contribution < 1.29 is 0 Å². The first-order valence-corrected chi connectivity index (χ1v) is 3.94. The summed E-state index contributed by atoms with van der Waals surface area (Å²) in [5.41, 5.74) is 5.53. The Bertz CT molecular complexity index is 94.9. The van der Waals surface area contributed by atoms with Crippen molar-refractivity contribution in [3.63, 3.8) is 0 Å². The van der Waals surface area contributed by atoms with Crippen LogP contribution in [-0.2, 0) is 0 Å². The Morgan fingerprint density at radius 1 is 1.20 bits per heavy atom. The Balaban J connectivity index is 2.26. The third-order valence-electron chi connectivity index (χ3n) is 2.07. The third-order valence-corrected chi connectivity index (χ3v) is 2.07. The van der Waals surface area contributed by atoms with Crippen LogP contribution in [0.3, 0.4) is 0 Å². The van der Waals surface area contributed by atoms with E-state index in [0.29, 0.717) is 6.67 Å². The van der Waals surface area contributed by atoms with E-state index in [4.69, 9.17) is 5.73 Å². The van der Waals surface area contributed by atoms with E-state index < -0.39 is 0 Å². The molecule has 0 amide bonds. The number of rotatable bonds is 1. The van der Waals surface area contributed by atoms with Gasteiger partial charge in [-0.05, 0) is 20.0 Å². The molecule has 0 saturated carbocycles. The van der Waals surface area contributed by atoms with E-state index in [1.165, 1.54) is 19.5 Å². The van der Waals surface area contributed by atoms with Gasteiger partial charge in [0.05, 0.1) is 0 Å². The van der Waals surface area contributed by atoms with E-state index in [9.17, 15) is 0 Å². The lowest BCUT2D eigenvalue weighted by Crippen LogP contribution is -2.33. The molecule has 0 aromatic heterocycles. The zero-order chi connectivity index (χ0) is 7.40. The van der Waals surface area contributed by atoms with Gasteiger partial charge in [-0.15, -0.1) is 0 Å². The van der Waals surface area contributed by atoms with Gasteiger partial charge in [0, 0.05) is 26.3 Å². The van der Waals surface area contributed by atoms with Gasteiger partial charge in [0.25, 0.3) is 0 Å². The Hall–Kier alpha value is -0.120. The summed E-state index contributed by atoms with van der Waals surface area (Å²) in [4.78, 5) is 4.65. The number of hydrogen-bond donors (Lipinski definition) is 1. The fourth-order valence-corrected chi connectivity index (χ4v) is 1.28. The molecule has 0 aromatic rings. The largest absolute Gasteiger partial charge is 0.318 e. The van der Waals surface area contributed by atoms with E-state index >= 15 is 0 Å². The van der Waals surface area contributed by atoms with Crippen LogP contribution in [0, 0.1) is 0 Å². The molecule has 0 unspecified atom stereocenters. The number of likely N-dealkylation sites (N-methyl/N-ethyl adjacent to an activating group) is 1. The molecule has 1 fully saturated rings. The summed E-state index contributed by atoms with van der Waals surface area (Å²) in [6.45, 7) is 5.40. The highest BCUT2D eigenvalue weighted by molar-refractivity contribution is 4.64. The second kappa shape index (κ2) is 3.91. The zero-order valence-corrected chi connectivity index (χ0v) is 6.71. The van der Waals surface area contributed by atoms with Gasteiger partial charge in [-0.25, -0.2) is 0 Å². The monoisotopic (exact) mass is 143 g/mol. The van der Waals surface area contributed by atoms with Crippen LogP contribution in [0.1, 0.15) is 6.42 Å². The maximum Gasteiger partial charge on any atom is 0.0455 e. The average Bonchev–Trinajstić information content (AvgIpc) is 2.14. The molecule has 60 valence electrons. The summed E-state index contributed by atoms with van der Waals surface area (Å²) >= 11 is 0. The lowest BCUT2D eigenvalue weighted by Gasteiger charge is -2.16. The predicted molar refractivity (Wildman–Crippen MR) is 42.7 cm³/mol. The van der Waals surface area contributed by atoms with Crippen molar-refractivity contribution in [1.82, 2.24) is 9.80 Å². The topological polar surface area (TPSA) is 32.5 Å². The molecule has 0 radical (unpaired) electrons. The van der Waals surface area contributed by atoms with Gasteiger partial charge < -0.3 is 10.6 Å². The summed E-state index contributed by atoms with van der Waals surface area (Å²) in [5.74, 6) is 0. The molecule has 1 rings (SSSR count). The molecule has 1 aliphatic rings. The minimum absolute atomic E-state index is 0.716. The van der Waals surface area contributed by atoms with E-state index in [0.717, 1.165) is 13.1 Å². The van der Waals surface area contributed by atoms with E-state index in [1.54, 1.807) is 0 Å². The van der Waals surface area contributed by atoms with Crippen molar-refractivity contribution in [3.8, 4) is 0 Å². The van der Waals surface area contributed by atoms with E-state index in [1.807, 2.05) is 0 Å². The summed E-state index contributed by atoms with van der Waals surface area (Å²) in [6.07, 6.45) is 1.26. The first-order chi connectivity index (χ1) is 4.83. The van der Waals surface area contributed by atoms with Crippen molar-refractivity contribution >= 4 is 0 Å². The van der Waals surface area contributed by atoms with Crippen LogP contribution in [0.2, 0.25) is 0 Å². The van der Waals surface area contributed by atoms with Gasteiger partial charge in [-0.1, -0.05) is 0 Å². The van der Waals surface area contributed by atoms with Crippen LogP contribution in [0.5, 0.6) is 0 Å². The van der Waals surface area contributed by atoms with Gasteiger partial charge in [0.15, 0.2) is 0 Å². The van der Waals surface area contributed by atoms with Crippen molar-refractivity contribution in [2.24, 2.45) is 5.73 Å². The highest BCUT2D eigenvalue weighted by Gasteiger charge is 2.08. The Morgan fingerprint density at radius 3 is 2.70 bits per heavy atom. The Labute approximate surface area is 62.8 Å². The predicted octanol–water partition coefficient (Wildman–Crippen LogP) is -0.460. The molecule has 1 heterocycles. The van der Waals surface area contributed by atoms with Crippen LogP contribution in [0.15, 0.2) is 0 Å². The highest BCUT2D eigenvalue weighted by Crippen LogP contribution is 1.97. The summed E-state index contributed by atoms with van der Waals surface area (Å²) in [5, 5.41) is 0. The molecule has 1 saturated heterocycles. The standard InChI is InChI=1S/C7H17N3/c1-9-3-2-4-10(7-8)6-5-9/h2-8H2,1H3. The maximum absolute atomic E-state index is 5.53. The van der Waals surface area contributed by atoms with Gasteiger partial charge in [0.2, 0.25) is 0 Å². The number of hydrogen-bond acceptors (Lipinski definition) is 3. The molecule has 10 heavy (non-hydrogen) atoms. The van der Waals surface area contributed by atoms with Crippen LogP contribution in [-0.4, -0.2) is 49.7 Å². The molecule has 0 atom stereocenters. The first-order valence-electron chi connectivity index (χ1n) is 3.94. The second-order valence-corrected chi connectivity index (χ2v) is 2.96. The first kappa shape index (κ1) is 7.98. The van der Waals surface area contributed by atoms with E-state index in [-0.39, 0.29) is 0 Å². The molecule has 0 aromatic carbocycles. The van der Waals surface area contributed by atoms with Crippen LogP contribution < -0.4 is 5.73 Å². The van der Waals surface area contributed by atoms with Gasteiger partial charge in [0.1, 0.15) is 0 Å². The van der Waals surface area contributed by atoms with Gasteiger partial charge in [-0.2, -0.15) is 0 Å². The summed E-state index contributed by atoms with van der Waals surface area (Å²) < 4.78 is 0. The zero-order valence-electron chi connectivity index (χ0n) is 6.71. The average molecular weight is 143 g/mol. The van der Waals surface area contributed by atoms with Crippen molar-refractivity contribution in [2.75, 3.05) is 39.9 Å². The summed E-state index contributed by atoms with van der Waals surface area (Å²) in [7, 11) is 2.17. The van der Waals surface area contributed by atoms with Crippen LogP contribution in [0.25, 0.3) is 0 Å².